The first-order chi connectivity index (χ1) is 24.8. The van der Waals surface area contributed by atoms with Crippen LogP contribution in [0.15, 0.2) is 121 Å². The van der Waals surface area contributed by atoms with Crippen molar-refractivity contribution in [3.63, 3.8) is 0 Å². The van der Waals surface area contributed by atoms with E-state index >= 15 is 0 Å². The number of hydrogen-bond donors (Lipinski definition) is 0. The van der Waals surface area contributed by atoms with Gasteiger partial charge in [0.1, 0.15) is 0 Å². The van der Waals surface area contributed by atoms with Crippen molar-refractivity contribution < 1.29 is 4.79 Å². The van der Waals surface area contributed by atoms with Gasteiger partial charge in [0, 0.05) is 22.0 Å². The molecule has 252 valence electrons. The number of ketones is 1. The zero-order valence-electron chi connectivity index (χ0n) is 30.4. The van der Waals surface area contributed by atoms with Gasteiger partial charge in [-0.25, -0.2) is 0 Å². The lowest BCUT2D eigenvalue weighted by Crippen LogP contribution is -2.20. The van der Waals surface area contributed by atoms with Crippen LogP contribution in [-0.2, 0) is 10.8 Å². The Bertz CT molecular complexity index is 2370. The van der Waals surface area contributed by atoms with Crippen LogP contribution in [0.4, 0.5) is 0 Å². The fourth-order valence-corrected chi connectivity index (χ4v) is 9.61. The molecular weight excluding hydrogens is 617 g/mol. The van der Waals surface area contributed by atoms with E-state index in [9.17, 15) is 4.79 Å². The standard InChI is InChI=1S/C50H46O/c1-5-6-7-8-9-14-27-50(4)45-18-13-11-16-39(45)41-26-22-35(31-47(41)50)33-20-24-37-36-23-19-32(28-42(36)48(51)43(37)29-33)34-21-25-40-38-15-10-12-17-44(38)49(2,3)46(40)30-34/h10-13,15-26,28-31H,5-9,14,27H2,1-4H3. The maximum Gasteiger partial charge on any atom is 0.194 e. The smallest absolute Gasteiger partial charge is 0.194 e. The van der Waals surface area contributed by atoms with E-state index in [1.54, 1.807) is 0 Å². The van der Waals surface area contributed by atoms with E-state index in [1.165, 1.54) is 88.6 Å². The molecule has 3 aliphatic carbocycles. The van der Waals surface area contributed by atoms with E-state index in [2.05, 4.69) is 149 Å². The van der Waals surface area contributed by atoms with Crippen LogP contribution in [0.3, 0.4) is 0 Å². The number of fused-ring (bicyclic) bond motifs is 9. The van der Waals surface area contributed by atoms with E-state index in [1.807, 2.05) is 0 Å². The van der Waals surface area contributed by atoms with Gasteiger partial charge in [0.2, 0.25) is 0 Å². The van der Waals surface area contributed by atoms with Crippen molar-refractivity contribution in [3.05, 3.63) is 155 Å². The average Bonchev–Trinajstić information content (AvgIpc) is 3.68. The quantitative estimate of drug-likeness (QED) is 0.141. The molecule has 1 unspecified atom stereocenters. The Morgan fingerprint density at radius 3 is 1.49 bits per heavy atom. The van der Waals surface area contributed by atoms with Gasteiger partial charge in [0.25, 0.3) is 0 Å². The lowest BCUT2D eigenvalue weighted by molar-refractivity contribution is 0.104. The van der Waals surface area contributed by atoms with Crippen LogP contribution in [-0.4, -0.2) is 5.78 Å². The Hall–Kier alpha value is -5.01. The molecule has 0 aliphatic heterocycles. The molecule has 0 saturated heterocycles. The highest BCUT2D eigenvalue weighted by atomic mass is 16.1. The summed E-state index contributed by atoms with van der Waals surface area (Å²) in [6.07, 6.45) is 8.97. The topological polar surface area (TPSA) is 17.1 Å². The largest absolute Gasteiger partial charge is 0.289 e. The molecule has 0 fully saturated rings. The van der Waals surface area contributed by atoms with Crippen molar-refractivity contribution in [3.8, 4) is 55.6 Å². The third-order valence-corrected chi connectivity index (χ3v) is 12.5. The summed E-state index contributed by atoms with van der Waals surface area (Å²) in [6.45, 7) is 9.37. The highest BCUT2D eigenvalue weighted by molar-refractivity contribution is 6.22. The second-order valence-electron chi connectivity index (χ2n) is 15.9. The molecule has 0 heterocycles. The molecule has 51 heavy (non-hydrogen) atoms. The molecule has 0 spiro atoms. The predicted molar refractivity (Wildman–Crippen MR) is 214 cm³/mol. The number of carbonyl (C=O) groups is 1. The zero-order chi connectivity index (χ0) is 34.9. The third kappa shape index (κ3) is 4.92. The molecule has 0 saturated carbocycles. The monoisotopic (exact) mass is 662 g/mol. The second-order valence-corrected chi connectivity index (χ2v) is 15.9. The Kier molecular flexibility index (Phi) is 7.55. The van der Waals surface area contributed by atoms with Gasteiger partial charge in [-0.05, 0) is 109 Å². The molecule has 0 amide bonds. The van der Waals surface area contributed by atoms with Gasteiger partial charge in [-0.1, -0.05) is 163 Å². The molecular formula is C50H46O. The molecule has 0 bridgehead atoms. The lowest BCUT2D eigenvalue weighted by Gasteiger charge is -2.28. The molecule has 0 N–H and O–H groups in total. The molecule has 1 atom stereocenters. The molecule has 3 aliphatic rings. The number of hydrogen-bond acceptors (Lipinski definition) is 1. The highest BCUT2D eigenvalue weighted by Crippen LogP contribution is 2.53. The van der Waals surface area contributed by atoms with Crippen molar-refractivity contribution in [2.45, 2.75) is 83.5 Å². The van der Waals surface area contributed by atoms with Crippen LogP contribution in [0.25, 0.3) is 55.6 Å². The average molecular weight is 663 g/mol. The fourth-order valence-electron chi connectivity index (χ4n) is 9.61. The number of rotatable bonds is 9. The van der Waals surface area contributed by atoms with Gasteiger partial charge in [-0.2, -0.15) is 0 Å². The lowest BCUT2D eigenvalue weighted by atomic mass is 9.75. The first kappa shape index (κ1) is 31.9. The van der Waals surface area contributed by atoms with Gasteiger partial charge >= 0.3 is 0 Å². The Labute approximate surface area is 303 Å². The van der Waals surface area contributed by atoms with Crippen LogP contribution in [0.1, 0.15) is 111 Å². The van der Waals surface area contributed by atoms with Crippen molar-refractivity contribution in [2.24, 2.45) is 0 Å². The minimum Gasteiger partial charge on any atom is -0.289 e. The Balaban J connectivity index is 1.02. The summed E-state index contributed by atoms with van der Waals surface area (Å²) >= 11 is 0. The Morgan fingerprint density at radius 2 is 0.863 bits per heavy atom. The SMILES string of the molecule is CCCCCCCCC1(C)c2ccccc2-c2ccc(-c3ccc4c(c3)C(=O)c3cc(-c5ccc6c(c5)C(C)(C)c5ccccc5-6)ccc3-4)cc21. The number of carbonyl (C=O) groups excluding carboxylic acids is 1. The van der Waals surface area contributed by atoms with E-state index in [4.69, 9.17) is 0 Å². The van der Waals surface area contributed by atoms with Crippen molar-refractivity contribution >= 4 is 5.78 Å². The van der Waals surface area contributed by atoms with Crippen molar-refractivity contribution in [2.75, 3.05) is 0 Å². The van der Waals surface area contributed by atoms with Crippen molar-refractivity contribution in [1.82, 2.24) is 0 Å². The summed E-state index contributed by atoms with van der Waals surface area (Å²) in [4.78, 5) is 14.1. The molecule has 6 aromatic rings. The van der Waals surface area contributed by atoms with E-state index in [0.717, 1.165) is 45.4 Å². The van der Waals surface area contributed by atoms with Gasteiger partial charge in [0.15, 0.2) is 5.78 Å². The summed E-state index contributed by atoms with van der Waals surface area (Å²) < 4.78 is 0. The van der Waals surface area contributed by atoms with Crippen LogP contribution in [0.5, 0.6) is 0 Å². The normalized spacial score (nSPS) is 17.1. The maximum absolute atomic E-state index is 14.1. The van der Waals surface area contributed by atoms with Gasteiger partial charge < -0.3 is 0 Å². The molecule has 0 radical (unpaired) electrons. The number of benzene rings is 6. The molecule has 0 aromatic heterocycles. The fraction of sp³-hybridized carbons (Fsp3) is 0.260. The van der Waals surface area contributed by atoms with E-state index in [-0.39, 0.29) is 16.6 Å². The van der Waals surface area contributed by atoms with Crippen molar-refractivity contribution in [1.29, 1.82) is 0 Å². The highest BCUT2D eigenvalue weighted by Gasteiger charge is 2.39. The van der Waals surface area contributed by atoms with Gasteiger partial charge in [0.05, 0.1) is 0 Å². The number of unbranched alkanes of at least 4 members (excludes halogenated alkanes) is 5. The summed E-state index contributed by atoms with van der Waals surface area (Å²) in [5.41, 5.74) is 19.1. The van der Waals surface area contributed by atoms with Crippen LogP contribution < -0.4 is 0 Å². The third-order valence-electron chi connectivity index (χ3n) is 12.5. The minimum absolute atomic E-state index is 0.0125. The van der Waals surface area contributed by atoms with Gasteiger partial charge in [-0.15, -0.1) is 0 Å². The maximum atomic E-state index is 14.1. The van der Waals surface area contributed by atoms with Crippen LogP contribution in [0, 0.1) is 0 Å². The molecule has 1 nitrogen and oxygen atoms in total. The van der Waals surface area contributed by atoms with Crippen LogP contribution >= 0.6 is 0 Å². The first-order valence-corrected chi connectivity index (χ1v) is 19.1. The summed E-state index contributed by atoms with van der Waals surface area (Å²) in [5.74, 6) is 0.124. The molecule has 6 aromatic carbocycles. The molecule has 9 rings (SSSR count). The molecule has 1 heteroatoms. The van der Waals surface area contributed by atoms with E-state index < -0.39 is 0 Å². The van der Waals surface area contributed by atoms with Crippen LogP contribution in [0.2, 0.25) is 0 Å². The summed E-state index contributed by atoms with van der Waals surface area (Å²) in [7, 11) is 0. The summed E-state index contributed by atoms with van der Waals surface area (Å²) in [5, 5.41) is 0. The zero-order valence-corrected chi connectivity index (χ0v) is 30.4. The summed E-state index contributed by atoms with van der Waals surface area (Å²) in [6, 6.07) is 44.6. The minimum atomic E-state index is -0.0624. The predicted octanol–water partition coefficient (Wildman–Crippen LogP) is 13.6. The Morgan fingerprint density at radius 1 is 0.412 bits per heavy atom. The second kappa shape index (κ2) is 12.1. The van der Waals surface area contributed by atoms with E-state index in [0.29, 0.717) is 0 Å². The van der Waals surface area contributed by atoms with Gasteiger partial charge in [-0.3, -0.25) is 4.79 Å². The first-order valence-electron chi connectivity index (χ1n) is 19.1.